The van der Waals surface area contributed by atoms with Crippen molar-refractivity contribution in [1.82, 2.24) is 0 Å². The van der Waals surface area contributed by atoms with Crippen molar-refractivity contribution in [2.45, 2.75) is 6.16 Å². The summed E-state index contributed by atoms with van der Waals surface area (Å²) in [5, 5.41) is 3.27. The number of fused-ring (bicyclic) bond motifs is 1. The van der Waals surface area contributed by atoms with Crippen LogP contribution in [0.2, 0.25) is 0 Å². The van der Waals surface area contributed by atoms with E-state index in [1.165, 1.54) is 20.0 Å². The highest BCUT2D eigenvalue weighted by atomic mass is 31.1. The van der Waals surface area contributed by atoms with E-state index in [0.717, 1.165) is 6.16 Å². The fourth-order valence-corrected chi connectivity index (χ4v) is 1.89. The zero-order chi connectivity index (χ0) is 6.10. The van der Waals surface area contributed by atoms with Crippen molar-refractivity contribution >= 4 is 14.4 Å². The lowest BCUT2D eigenvalue weighted by Crippen LogP contribution is -1.75. The van der Waals surface area contributed by atoms with E-state index >= 15 is 0 Å². The molecule has 0 fully saturated rings. The molecule has 1 N–H and O–H groups in total. The Labute approximate surface area is 56.3 Å². The Kier molecular flexibility index (Phi) is 1.17. The maximum Gasteiger partial charge on any atom is 0.0412 e. The molecule has 1 aromatic rings. The van der Waals surface area contributed by atoms with Gasteiger partial charge in [0, 0.05) is 20.6 Å². The summed E-state index contributed by atoms with van der Waals surface area (Å²) in [4.78, 5) is 0. The highest BCUT2D eigenvalue weighted by Crippen LogP contribution is 2.33. The Bertz CT molecular complexity index is 199. The van der Waals surface area contributed by atoms with E-state index in [4.69, 9.17) is 0 Å². The summed E-state index contributed by atoms with van der Waals surface area (Å²) < 4.78 is 0. The zero-order valence-corrected chi connectivity index (χ0v) is 5.86. The number of hydrogen-bond donors (Lipinski definition) is 1. The van der Waals surface area contributed by atoms with Crippen LogP contribution in [0.3, 0.4) is 0 Å². The van der Waals surface area contributed by atoms with Crippen LogP contribution in [-0.4, -0.2) is 0 Å². The van der Waals surface area contributed by atoms with Crippen LogP contribution in [0.4, 0.5) is 5.69 Å². The second-order valence-corrected chi connectivity index (χ2v) is 2.94. The van der Waals surface area contributed by atoms with Gasteiger partial charge in [-0.1, -0.05) is 18.2 Å². The van der Waals surface area contributed by atoms with Crippen LogP contribution in [-0.2, 0) is 6.16 Å². The number of anilines is 1. The minimum atomic E-state index is 1.16. The highest BCUT2D eigenvalue weighted by Gasteiger charge is 2.07. The average molecular weight is 136 g/mol. The van der Waals surface area contributed by atoms with Crippen molar-refractivity contribution in [3.63, 3.8) is 0 Å². The monoisotopic (exact) mass is 136 g/mol. The Morgan fingerprint density at radius 1 is 1.33 bits per heavy atom. The number of rotatable bonds is 0. The molecule has 1 heterocycles. The molecular weight excluding hydrogens is 129 g/mol. The van der Waals surface area contributed by atoms with Gasteiger partial charge in [-0.25, -0.2) is 0 Å². The van der Waals surface area contributed by atoms with Crippen molar-refractivity contribution in [2.75, 3.05) is 5.09 Å². The lowest BCUT2D eigenvalue weighted by Gasteiger charge is -1.93. The van der Waals surface area contributed by atoms with Gasteiger partial charge in [0.25, 0.3) is 0 Å². The summed E-state index contributed by atoms with van der Waals surface area (Å²) in [6.45, 7) is 0. The van der Waals surface area contributed by atoms with E-state index in [2.05, 4.69) is 29.4 Å². The topological polar surface area (TPSA) is 12.0 Å². The molecule has 0 atom stereocenters. The lowest BCUT2D eigenvalue weighted by molar-refractivity contribution is 1.46. The van der Waals surface area contributed by atoms with E-state index in [9.17, 15) is 0 Å². The lowest BCUT2D eigenvalue weighted by atomic mass is 10.2. The van der Waals surface area contributed by atoms with Gasteiger partial charge in [-0.15, -0.1) is 0 Å². The molecule has 1 aromatic carbocycles. The van der Waals surface area contributed by atoms with Crippen molar-refractivity contribution in [2.24, 2.45) is 0 Å². The van der Waals surface area contributed by atoms with Crippen LogP contribution in [0.25, 0.3) is 0 Å². The van der Waals surface area contributed by atoms with Gasteiger partial charge in [-0.3, -0.25) is 0 Å². The van der Waals surface area contributed by atoms with E-state index in [1.54, 1.807) is 0 Å². The minimum absolute atomic E-state index is 1.16. The van der Waals surface area contributed by atoms with Crippen molar-refractivity contribution in [1.29, 1.82) is 0 Å². The first kappa shape index (κ1) is 5.25. The summed E-state index contributed by atoms with van der Waals surface area (Å²) in [5.74, 6) is 0. The van der Waals surface area contributed by atoms with Crippen LogP contribution in [0.15, 0.2) is 24.3 Å². The molecule has 0 spiro atoms. The van der Waals surface area contributed by atoms with E-state index in [-0.39, 0.29) is 0 Å². The van der Waals surface area contributed by atoms with Crippen LogP contribution in [0.1, 0.15) is 5.56 Å². The molecule has 1 nitrogen and oxygen atoms in total. The van der Waals surface area contributed by atoms with Gasteiger partial charge in [0.15, 0.2) is 0 Å². The third-order valence-corrected chi connectivity index (χ3v) is 2.36. The zero-order valence-electron chi connectivity index (χ0n) is 4.96. The molecule has 0 amide bonds. The first-order valence-electron chi connectivity index (χ1n) is 2.97. The molecule has 0 saturated carbocycles. The third kappa shape index (κ3) is 0.818. The molecule has 1 aliphatic rings. The summed E-state index contributed by atoms with van der Waals surface area (Å²) in [7, 11) is 1.32. The second-order valence-electron chi connectivity index (χ2n) is 2.09. The second kappa shape index (κ2) is 2.00. The van der Waals surface area contributed by atoms with Crippen molar-refractivity contribution < 1.29 is 0 Å². The maximum atomic E-state index is 3.27. The van der Waals surface area contributed by atoms with Crippen LogP contribution >= 0.6 is 8.73 Å². The predicted octanol–water partition coefficient (Wildman–Crippen LogP) is 2.47. The van der Waals surface area contributed by atoms with Gasteiger partial charge in [0.1, 0.15) is 0 Å². The van der Waals surface area contributed by atoms with Crippen LogP contribution < -0.4 is 5.09 Å². The largest absolute Gasteiger partial charge is 0.359 e. The first-order chi connectivity index (χ1) is 4.47. The molecule has 9 heavy (non-hydrogen) atoms. The van der Waals surface area contributed by atoms with Gasteiger partial charge in [-0.05, 0) is 11.6 Å². The number of nitrogens with one attached hydrogen (secondary N) is 1. The van der Waals surface area contributed by atoms with Gasteiger partial charge in [-0.2, -0.15) is 0 Å². The van der Waals surface area contributed by atoms with Gasteiger partial charge in [0.2, 0.25) is 0 Å². The molecule has 0 bridgehead atoms. The Morgan fingerprint density at radius 3 is 3.11 bits per heavy atom. The third-order valence-electron chi connectivity index (χ3n) is 1.47. The Hall–Kier alpha value is -0.550. The van der Waals surface area contributed by atoms with Gasteiger partial charge in [0.05, 0.1) is 0 Å². The molecular formula is C7H7NP. The highest BCUT2D eigenvalue weighted by molar-refractivity contribution is 7.39. The predicted molar refractivity (Wildman–Crippen MR) is 40.7 cm³/mol. The summed E-state index contributed by atoms with van der Waals surface area (Å²) in [5.41, 5.74) is 2.75. The number of para-hydroxylation sites is 1. The van der Waals surface area contributed by atoms with E-state index < -0.39 is 0 Å². The molecule has 1 aliphatic heterocycles. The molecule has 2 heteroatoms. The first-order valence-corrected chi connectivity index (χ1v) is 4.05. The molecule has 0 aromatic heterocycles. The Morgan fingerprint density at radius 2 is 2.22 bits per heavy atom. The maximum absolute atomic E-state index is 3.27. The normalized spacial score (nSPS) is 17.3. The summed E-state index contributed by atoms with van der Waals surface area (Å²) in [6, 6.07) is 8.44. The van der Waals surface area contributed by atoms with Crippen molar-refractivity contribution in [3.8, 4) is 0 Å². The number of hydrogen-bond acceptors (Lipinski definition) is 1. The molecule has 0 unspecified atom stereocenters. The van der Waals surface area contributed by atoms with E-state index in [0.29, 0.717) is 0 Å². The van der Waals surface area contributed by atoms with Gasteiger partial charge < -0.3 is 5.09 Å². The minimum Gasteiger partial charge on any atom is -0.359 e. The van der Waals surface area contributed by atoms with Gasteiger partial charge >= 0.3 is 0 Å². The molecule has 45 valence electrons. The molecule has 0 saturated heterocycles. The molecule has 2 rings (SSSR count). The summed E-state index contributed by atoms with van der Waals surface area (Å²) in [6.07, 6.45) is 1.16. The number of benzene rings is 1. The van der Waals surface area contributed by atoms with E-state index in [1.807, 2.05) is 0 Å². The Balaban J connectivity index is 2.54. The summed E-state index contributed by atoms with van der Waals surface area (Å²) >= 11 is 0. The smallest absolute Gasteiger partial charge is 0.0412 e. The molecule has 1 radical (unpaired) electrons. The van der Waals surface area contributed by atoms with Crippen LogP contribution in [0.5, 0.6) is 0 Å². The quantitative estimate of drug-likeness (QED) is 0.540. The van der Waals surface area contributed by atoms with Crippen LogP contribution in [0, 0.1) is 0 Å². The fourth-order valence-electron chi connectivity index (χ4n) is 0.977. The molecule has 0 aliphatic carbocycles. The fraction of sp³-hybridized carbons (Fsp3) is 0.143. The standard InChI is InChI=1S/C7H7NP/c1-2-4-7-6(3-1)5-9-8-7/h1-4,8H,5H2. The van der Waals surface area contributed by atoms with Crippen molar-refractivity contribution in [3.05, 3.63) is 29.8 Å². The average Bonchev–Trinajstić information content (AvgIpc) is 2.33. The SMILES string of the molecule is c1ccc2c(c1)C[P]N2.